The summed E-state index contributed by atoms with van der Waals surface area (Å²) in [4.78, 5) is 21.0. The van der Waals surface area contributed by atoms with E-state index in [0.29, 0.717) is 12.3 Å². The molecule has 0 rings (SSSR count). The summed E-state index contributed by atoms with van der Waals surface area (Å²) in [7, 11) is 0. The standard InChI is InChI=1S/C9H16O3/c1-6(2)4-8(5-10)7(3)9(11)12/h5-8H,4H2,1-3H3,(H,11,12)/t7?,8-/m0/s1. The molecule has 12 heavy (non-hydrogen) atoms. The van der Waals surface area contributed by atoms with Crippen LogP contribution in [0.25, 0.3) is 0 Å². The summed E-state index contributed by atoms with van der Waals surface area (Å²) in [6, 6.07) is 0. The van der Waals surface area contributed by atoms with E-state index in [1.54, 1.807) is 6.92 Å². The molecular weight excluding hydrogens is 156 g/mol. The minimum absolute atomic E-state index is 0.345. The van der Waals surface area contributed by atoms with Gasteiger partial charge in [0, 0.05) is 5.92 Å². The van der Waals surface area contributed by atoms with E-state index in [9.17, 15) is 9.59 Å². The van der Waals surface area contributed by atoms with Gasteiger partial charge in [0.05, 0.1) is 5.92 Å². The molecule has 3 nitrogen and oxygen atoms in total. The van der Waals surface area contributed by atoms with Gasteiger partial charge in [0.1, 0.15) is 6.29 Å². The van der Waals surface area contributed by atoms with Gasteiger partial charge in [-0.05, 0) is 12.3 Å². The van der Waals surface area contributed by atoms with Gasteiger partial charge < -0.3 is 9.90 Å². The van der Waals surface area contributed by atoms with Gasteiger partial charge in [0.15, 0.2) is 0 Å². The second-order valence-electron chi connectivity index (χ2n) is 3.56. The van der Waals surface area contributed by atoms with E-state index in [1.807, 2.05) is 13.8 Å². The van der Waals surface area contributed by atoms with Crippen LogP contribution in [-0.2, 0) is 9.59 Å². The molecule has 0 aromatic carbocycles. The predicted octanol–water partition coefficient (Wildman–Crippen LogP) is 1.57. The molecule has 0 bridgehead atoms. The van der Waals surface area contributed by atoms with Crippen LogP contribution in [0.3, 0.4) is 0 Å². The molecule has 0 amide bonds. The van der Waals surface area contributed by atoms with Crippen LogP contribution in [0.5, 0.6) is 0 Å². The van der Waals surface area contributed by atoms with Crippen molar-refractivity contribution in [2.24, 2.45) is 17.8 Å². The van der Waals surface area contributed by atoms with Crippen molar-refractivity contribution >= 4 is 12.3 Å². The fraction of sp³-hybridized carbons (Fsp3) is 0.778. The Labute approximate surface area is 72.8 Å². The van der Waals surface area contributed by atoms with Crippen LogP contribution >= 0.6 is 0 Å². The molecule has 0 aromatic rings. The molecule has 0 aliphatic carbocycles. The van der Waals surface area contributed by atoms with Gasteiger partial charge in [0.25, 0.3) is 0 Å². The molecular formula is C9H16O3. The number of carboxylic acids is 1. The molecule has 0 aromatic heterocycles. The Hall–Kier alpha value is -0.860. The Morgan fingerprint density at radius 3 is 2.17 bits per heavy atom. The summed E-state index contributed by atoms with van der Waals surface area (Å²) in [5.41, 5.74) is 0. The largest absolute Gasteiger partial charge is 0.481 e. The smallest absolute Gasteiger partial charge is 0.306 e. The molecule has 0 aliphatic rings. The third-order valence-corrected chi connectivity index (χ3v) is 1.95. The van der Waals surface area contributed by atoms with Crippen molar-refractivity contribution < 1.29 is 14.7 Å². The first kappa shape index (κ1) is 11.1. The van der Waals surface area contributed by atoms with Crippen molar-refractivity contribution in [3.8, 4) is 0 Å². The van der Waals surface area contributed by atoms with Gasteiger partial charge in [-0.25, -0.2) is 0 Å². The third-order valence-electron chi connectivity index (χ3n) is 1.95. The molecule has 0 saturated carbocycles. The van der Waals surface area contributed by atoms with E-state index < -0.39 is 11.9 Å². The second-order valence-corrected chi connectivity index (χ2v) is 3.56. The van der Waals surface area contributed by atoms with Gasteiger partial charge >= 0.3 is 5.97 Å². The fourth-order valence-electron chi connectivity index (χ4n) is 1.10. The highest BCUT2D eigenvalue weighted by Crippen LogP contribution is 2.18. The minimum Gasteiger partial charge on any atom is -0.481 e. The molecule has 0 fully saturated rings. The van der Waals surface area contributed by atoms with Crippen molar-refractivity contribution in [1.82, 2.24) is 0 Å². The highest BCUT2D eigenvalue weighted by atomic mass is 16.4. The number of aldehydes is 1. The van der Waals surface area contributed by atoms with E-state index in [4.69, 9.17) is 5.11 Å². The molecule has 3 heteroatoms. The highest BCUT2D eigenvalue weighted by Gasteiger charge is 2.23. The number of aliphatic carboxylic acids is 1. The van der Waals surface area contributed by atoms with Crippen molar-refractivity contribution in [2.45, 2.75) is 27.2 Å². The predicted molar refractivity (Wildman–Crippen MR) is 45.8 cm³/mol. The number of carbonyl (C=O) groups is 2. The Balaban J connectivity index is 4.14. The molecule has 0 aliphatic heterocycles. The van der Waals surface area contributed by atoms with Crippen molar-refractivity contribution in [2.75, 3.05) is 0 Å². The fourth-order valence-corrected chi connectivity index (χ4v) is 1.10. The topological polar surface area (TPSA) is 54.4 Å². The van der Waals surface area contributed by atoms with E-state index in [0.717, 1.165) is 6.29 Å². The monoisotopic (exact) mass is 172 g/mol. The summed E-state index contributed by atoms with van der Waals surface area (Å²) < 4.78 is 0. The van der Waals surface area contributed by atoms with Gasteiger partial charge in [-0.3, -0.25) is 4.79 Å². The van der Waals surface area contributed by atoms with Crippen LogP contribution in [0.1, 0.15) is 27.2 Å². The molecule has 0 radical (unpaired) electrons. The zero-order valence-electron chi connectivity index (χ0n) is 7.78. The summed E-state index contributed by atoms with van der Waals surface area (Å²) in [5, 5.41) is 8.64. The molecule has 1 N–H and O–H groups in total. The summed E-state index contributed by atoms with van der Waals surface area (Å²) in [6.45, 7) is 5.53. The molecule has 0 spiro atoms. The Morgan fingerprint density at radius 1 is 1.42 bits per heavy atom. The molecule has 1 unspecified atom stereocenters. The second kappa shape index (κ2) is 4.91. The van der Waals surface area contributed by atoms with E-state index in [2.05, 4.69) is 0 Å². The maximum atomic E-state index is 10.5. The molecule has 0 heterocycles. The first-order valence-corrected chi connectivity index (χ1v) is 4.17. The molecule has 70 valence electrons. The van der Waals surface area contributed by atoms with E-state index in [-0.39, 0.29) is 5.92 Å². The number of carboxylic acid groups (broad SMARTS) is 1. The quantitative estimate of drug-likeness (QED) is 0.640. The van der Waals surface area contributed by atoms with Crippen LogP contribution in [-0.4, -0.2) is 17.4 Å². The van der Waals surface area contributed by atoms with Gasteiger partial charge in [-0.15, -0.1) is 0 Å². The summed E-state index contributed by atoms with van der Waals surface area (Å²) in [6.07, 6.45) is 1.40. The summed E-state index contributed by atoms with van der Waals surface area (Å²) in [5.74, 6) is -1.44. The van der Waals surface area contributed by atoms with Crippen molar-refractivity contribution in [3.05, 3.63) is 0 Å². The number of hydrogen-bond donors (Lipinski definition) is 1. The first-order chi connectivity index (χ1) is 5.49. The van der Waals surface area contributed by atoms with E-state index >= 15 is 0 Å². The van der Waals surface area contributed by atoms with Gasteiger partial charge in [-0.2, -0.15) is 0 Å². The lowest BCUT2D eigenvalue weighted by Gasteiger charge is -2.16. The Morgan fingerprint density at radius 2 is 1.92 bits per heavy atom. The van der Waals surface area contributed by atoms with Crippen molar-refractivity contribution in [1.29, 1.82) is 0 Å². The molecule has 2 atom stereocenters. The average Bonchev–Trinajstić information content (AvgIpc) is 1.98. The Bertz CT molecular complexity index is 163. The van der Waals surface area contributed by atoms with Crippen LogP contribution in [0.2, 0.25) is 0 Å². The normalized spacial score (nSPS) is 15.7. The number of hydrogen-bond acceptors (Lipinski definition) is 2. The maximum absolute atomic E-state index is 10.5. The summed E-state index contributed by atoms with van der Waals surface area (Å²) >= 11 is 0. The lowest BCUT2D eigenvalue weighted by Crippen LogP contribution is -2.23. The zero-order valence-corrected chi connectivity index (χ0v) is 7.78. The maximum Gasteiger partial charge on any atom is 0.306 e. The van der Waals surface area contributed by atoms with Crippen LogP contribution < -0.4 is 0 Å². The number of carbonyl (C=O) groups excluding carboxylic acids is 1. The number of rotatable bonds is 5. The SMILES string of the molecule is CC(C)C[C@@H](C=O)C(C)C(=O)O. The average molecular weight is 172 g/mol. The van der Waals surface area contributed by atoms with Gasteiger partial charge in [0.2, 0.25) is 0 Å². The van der Waals surface area contributed by atoms with Crippen molar-refractivity contribution in [3.63, 3.8) is 0 Å². The van der Waals surface area contributed by atoms with Crippen LogP contribution in [0.15, 0.2) is 0 Å². The Kier molecular flexibility index (Phi) is 4.55. The van der Waals surface area contributed by atoms with Crippen LogP contribution in [0, 0.1) is 17.8 Å². The zero-order chi connectivity index (χ0) is 9.72. The lowest BCUT2D eigenvalue weighted by molar-refractivity contribution is -0.144. The molecule has 0 saturated heterocycles. The lowest BCUT2D eigenvalue weighted by atomic mass is 9.88. The third kappa shape index (κ3) is 3.51. The minimum atomic E-state index is -0.896. The van der Waals surface area contributed by atoms with E-state index in [1.165, 1.54) is 0 Å². The first-order valence-electron chi connectivity index (χ1n) is 4.17. The van der Waals surface area contributed by atoms with Crippen LogP contribution in [0.4, 0.5) is 0 Å². The highest BCUT2D eigenvalue weighted by molar-refractivity contribution is 5.74. The van der Waals surface area contributed by atoms with Gasteiger partial charge in [-0.1, -0.05) is 20.8 Å².